The van der Waals surface area contributed by atoms with E-state index in [1.54, 1.807) is 17.1 Å². The van der Waals surface area contributed by atoms with Crippen molar-refractivity contribution in [2.24, 2.45) is 0 Å². The Labute approximate surface area is 178 Å². The number of fused-ring (bicyclic) bond motifs is 1. The largest absolute Gasteiger partial charge is 0.349 e. The van der Waals surface area contributed by atoms with Crippen molar-refractivity contribution in [2.75, 3.05) is 5.32 Å². The van der Waals surface area contributed by atoms with Gasteiger partial charge in [0.05, 0.1) is 17.9 Å². The summed E-state index contributed by atoms with van der Waals surface area (Å²) in [4.78, 5) is 24.2. The van der Waals surface area contributed by atoms with Crippen molar-refractivity contribution in [1.82, 2.24) is 24.7 Å². The third-order valence-electron chi connectivity index (χ3n) is 5.20. The molecule has 2 aromatic carbocycles. The Morgan fingerprint density at radius 1 is 0.935 bits per heavy atom. The van der Waals surface area contributed by atoms with Crippen molar-refractivity contribution in [1.29, 1.82) is 0 Å². The highest BCUT2D eigenvalue weighted by molar-refractivity contribution is 5.76. The van der Waals surface area contributed by atoms with Crippen LogP contribution in [-0.4, -0.2) is 24.7 Å². The second-order valence-electron chi connectivity index (χ2n) is 7.27. The van der Waals surface area contributed by atoms with E-state index < -0.39 is 0 Å². The summed E-state index contributed by atoms with van der Waals surface area (Å²) in [6.45, 7) is 2.03. The predicted octanol–water partition coefficient (Wildman–Crippen LogP) is 4.34. The summed E-state index contributed by atoms with van der Waals surface area (Å²) >= 11 is 0. The van der Waals surface area contributed by atoms with Crippen LogP contribution in [0.25, 0.3) is 27.8 Å². The van der Waals surface area contributed by atoms with Crippen LogP contribution in [0.3, 0.4) is 0 Å². The summed E-state index contributed by atoms with van der Waals surface area (Å²) < 4.78 is 1.67. The molecule has 5 rings (SSSR count). The number of aromatic amines is 1. The maximum Gasteiger partial charge on any atom is 0.263 e. The third-order valence-corrected chi connectivity index (χ3v) is 5.20. The molecule has 0 spiro atoms. The fourth-order valence-electron chi connectivity index (χ4n) is 3.53. The van der Waals surface area contributed by atoms with Gasteiger partial charge in [-0.3, -0.25) is 14.8 Å². The molecule has 3 aromatic heterocycles. The first-order chi connectivity index (χ1) is 15.2. The van der Waals surface area contributed by atoms with Crippen molar-refractivity contribution in [2.45, 2.75) is 13.0 Å². The second-order valence-corrected chi connectivity index (χ2v) is 7.27. The molecule has 152 valence electrons. The Hall–Kier alpha value is -4.26. The third kappa shape index (κ3) is 3.69. The van der Waals surface area contributed by atoms with Crippen molar-refractivity contribution in [3.63, 3.8) is 0 Å². The lowest BCUT2D eigenvalue weighted by atomic mass is 10.0. The zero-order valence-electron chi connectivity index (χ0n) is 16.9. The predicted molar refractivity (Wildman–Crippen MR) is 121 cm³/mol. The Balaban J connectivity index is 1.43. The minimum absolute atomic E-state index is 0.0587. The molecule has 0 fully saturated rings. The summed E-state index contributed by atoms with van der Waals surface area (Å²) in [6, 6.07) is 21.8. The van der Waals surface area contributed by atoms with E-state index in [9.17, 15) is 4.79 Å². The molecule has 2 N–H and O–H groups in total. The van der Waals surface area contributed by atoms with Crippen molar-refractivity contribution in [3.05, 3.63) is 101 Å². The molecule has 5 aromatic rings. The van der Waals surface area contributed by atoms with Gasteiger partial charge in [-0.1, -0.05) is 48.5 Å². The molecule has 1 atom stereocenters. The number of hydrogen-bond donors (Lipinski definition) is 2. The van der Waals surface area contributed by atoms with E-state index in [0.29, 0.717) is 17.0 Å². The number of pyridine rings is 1. The van der Waals surface area contributed by atoms with Gasteiger partial charge in [0.25, 0.3) is 5.56 Å². The number of nitrogens with one attached hydrogen (secondary N) is 2. The summed E-state index contributed by atoms with van der Waals surface area (Å²) in [7, 11) is 0. The van der Waals surface area contributed by atoms with E-state index in [0.717, 1.165) is 22.4 Å². The molecule has 0 saturated heterocycles. The Bertz CT molecular complexity index is 1380. The molecule has 1 unspecified atom stereocenters. The van der Waals surface area contributed by atoms with Gasteiger partial charge in [0.1, 0.15) is 5.39 Å². The van der Waals surface area contributed by atoms with E-state index in [2.05, 4.69) is 49.6 Å². The van der Waals surface area contributed by atoms with Crippen LogP contribution in [0.5, 0.6) is 0 Å². The minimum atomic E-state index is -0.228. The molecule has 3 heterocycles. The number of hydrogen-bond acceptors (Lipinski definition) is 5. The van der Waals surface area contributed by atoms with Crippen LogP contribution in [-0.2, 0) is 0 Å². The first-order valence-electron chi connectivity index (χ1n) is 9.99. The Morgan fingerprint density at radius 3 is 2.48 bits per heavy atom. The lowest BCUT2D eigenvalue weighted by molar-refractivity contribution is 0.853. The molecular weight excluding hydrogens is 388 g/mol. The SMILES string of the molecule is CC(Nc1nc2c(cnn2-c2ccccc2)c(=O)[nH]1)c1ccc(-c2cccnc2)cc1. The lowest BCUT2D eigenvalue weighted by Gasteiger charge is -2.15. The summed E-state index contributed by atoms with van der Waals surface area (Å²) in [5.74, 6) is 0.402. The second kappa shape index (κ2) is 7.87. The maximum atomic E-state index is 12.6. The zero-order chi connectivity index (χ0) is 21.2. The quantitative estimate of drug-likeness (QED) is 0.452. The average molecular weight is 408 g/mol. The molecule has 0 amide bonds. The highest BCUT2D eigenvalue weighted by atomic mass is 16.1. The van der Waals surface area contributed by atoms with Crippen molar-refractivity contribution < 1.29 is 0 Å². The van der Waals surface area contributed by atoms with Crippen LogP contribution in [0, 0.1) is 0 Å². The fraction of sp³-hybridized carbons (Fsp3) is 0.0833. The number of para-hydroxylation sites is 1. The number of H-pyrrole nitrogens is 1. The first-order valence-corrected chi connectivity index (χ1v) is 9.99. The van der Waals surface area contributed by atoms with E-state index in [1.165, 1.54) is 0 Å². The maximum absolute atomic E-state index is 12.6. The summed E-state index contributed by atoms with van der Waals surface area (Å²) in [6.07, 6.45) is 5.15. The molecule has 7 heteroatoms. The van der Waals surface area contributed by atoms with Gasteiger partial charge in [0, 0.05) is 12.4 Å². The van der Waals surface area contributed by atoms with E-state index in [-0.39, 0.29) is 11.6 Å². The lowest BCUT2D eigenvalue weighted by Crippen LogP contribution is -2.16. The van der Waals surface area contributed by atoms with Gasteiger partial charge >= 0.3 is 0 Å². The van der Waals surface area contributed by atoms with Crippen LogP contribution in [0.1, 0.15) is 18.5 Å². The number of rotatable bonds is 5. The molecule has 0 radical (unpaired) electrons. The van der Waals surface area contributed by atoms with Crippen molar-refractivity contribution >= 4 is 17.0 Å². The standard InChI is InChI=1S/C24H20N6O/c1-16(17-9-11-18(12-10-17)19-6-5-13-25-14-19)27-24-28-22-21(23(31)29-24)15-26-30(22)20-7-3-2-4-8-20/h2-16H,1H3,(H2,27,28,29,31). The zero-order valence-corrected chi connectivity index (χ0v) is 16.9. The topological polar surface area (TPSA) is 88.5 Å². The van der Waals surface area contributed by atoms with Gasteiger partial charge in [-0.2, -0.15) is 10.1 Å². The molecule has 0 saturated carbocycles. The molecule has 0 bridgehead atoms. The minimum Gasteiger partial charge on any atom is -0.349 e. The molecule has 0 aliphatic rings. The van der Waals surface area contributed by atoms with Crippen LogP contribution in [0.4, 0.5) is 5.95 Å². The fourth-order valence-corrected chi connectivity index (χ4v) is 3.53. The monoisotopic (exact) mass is 408 g/mol. The average Bonchev–Trinajstić information content (AvgIpc) is 3.25. The number of anilines is 1. The Kier molecular flexibility index (Phi) is 4.76. The van der Waals surface area contributed by atoms with Crippen LogP contribution >= 0.6 is 0 Å². The van der Waals surface area contributed by atoms with Crippen LogP contribution < -0.4 is 10.9 Å². The molecular formula is C24H20N6O. The van der Waals surface area contributed by atoms with Gasteiger partial charge in [0.2, 0.25) is 5.95 Å². The molecule has 31 heavy (non-hydrogen) atoms. The van der Waals surface area contributed by atoms with Gasteiger partial charge in [-0.15, -0.1) is 0 Å². The molecule has 0 aliphatic heterocycles. The van der Waals surface area contributed by atoms with Gasteiger partial charge in [-0.25, -0.2) is 4.68 Å². The van der Waals surface area contributed by atoms with E-state index >= 15 is 0 Å². The van der Waals surface area contributed by atoms with Gasteiger partial charge in [0.15, 0.2) is 5.65 Å². The number of benzene rings is 2. The molecule has 7 nitrogen and oxygen atoms in total. The van der Waals surface area contributed by atoms with Crippen LogP contribution in [0.15, 0.2) is 90.1 Å². The first kappa shape index (κ1) is 18.7. The highest BCUT2D eigenvalue weighted by Crippen LogP contribution is 2.23. The van der Waals surface area contributed by atoms with Gasteiger partial charge < -0.3 is 5.32 Å². The normalized spacial score (nSPS) is 12.0. The Morgan fingerprint density at radius 2 is 1.74 bits per heavy atom. The van der Waals surface area contributed by atoms with E-state index in [1.807, 2.05) is 55.6 Å². The smallest absolute Gasteiger partial charge is 0.263 e. The molecule has 0 aliphatic carbocycles. The summed E-state index contributed by atoms with van der Waals surface area (Å²) in [5, 5.41) is 8.09. The van der Waals surface area contributed by atoms with E-state index in [4.69, 9.17) is 0 Å². The number of aromatic nitrogens is 5. The summed E-state index contributed by atoms with van der Waals surface area (Å²) in [5.41, 5.74) is 4.38. The highest BCUT2D eigenvalue weighted by Gasteiger charge is 2.13. The number of nitrogens with zero attached hydrogens (tertiary/aromatic N) is 4. The van der Waals surface area contributed by atoms with Gasteiger partial charge in [-0.05, 0) is 41.8 Å². The van der Waals surface area contributed by atoms with Crippen LogP contribution in [0.2, 0.25) is 0 Å². The van der Waals surface area contributed by atoms with Crippen molar-refractivity contribution in [3.8, 4) is 16.8 Å².